The van der Waals surface area contributed by atoms with Gasteiger partial charge in [-0.3, -0.25) is 24.6 Å². The number of amides is 3. The molecule has 9 heteroatoms. The van der Waals surface area contributed by atoms with Gasteiger partial charge in [0.05, 0.1) is 12.6 Å². The average Bonchev–Trinajstić information content (AvgIpc) is 3.04. The second-order valence-corrected chi connectivity index (χ2v) is 9.09. The van der Waals surface area contributed by atoms with Crippen molar-refractivity contribution >= 4 is 17.7 Å². The van der Waals surface area contributed by atoms with E-state index in [1.807, 2.05) is 17.0 Å². The minimum Gasteiger partial charge on any atom is -0.322 e. The maximum Gasteiger partial charge on any atom is 0.276 e. The van der Waals surface area contributed by atoms with Crippen molar-refractivity contribution in [3.05, 3.63) is 34.9 Å². The number of hydrogen-bond acceptors (Lipinski definition) is 5. The highest BCUT2D eigenvalue weighted by atomic mass is 19.3. The molecule has 3 fully saturated rings. The van der Waals surface area contributed by atoms with Crippen LogP contribution in [0, 0.1) is 5.92 Å². The maximum absolute atomic E-state index is 14.4. The summed E-state index contributed by atoms with van der Waals surface area (Å²) in [4.78, 5) is 39.8. The second-order valence-electron chi connectivity index (χ2n) is 9.09. The van der Waals surface area contributed by atoms with E-state index in [-0.39, 0.29) is 30.7 Å². The second kappa shape index (κ2) is 7.63. The lowest BCUT2D eigenvalue weighted by molar-refractivity contribution is -0.208. The number of imide groups is 1. The lowest BCUT2D eigenvalue weighted by Crippen LogP contribution is -2.68. The number of benzene rings is 1. The number of hydrogen-bond donors (Lipinski definition) is 2. The molecule has 5 rings (SSSR count). The first-order valence-electron chi connectivity index (χ1n) is 10.9. The number of piperidine rings is 2. The van der Waals surface area contributed by atoms with Gasteiger partial charge in [0.1, 0.15) is 6.04 Å². The van der Waals surface area contributed by atoms with E-state index < -0.39 is 23.9 Å². The van der Waals surface area contributed by atoms with Crippen molar-refractivity contribution in [1.29, 1.82) is 0 Å². The molecule has 0 bridgehead atoms. The highest BCUT2D eigenvalue weighted by Crippen LogP contribution is 2.43. The Labute approximate surface area is 179 Å². The summed E-state index contributed by atoms with van der Waals surface area (Å²) < 4.78 is 28.7. The molecule has 2 atom stereocenters. The van der Waals surface area contributed by atoms with Gasteiger partial charge >= 0.3 is 0 Å². The third-order valence-electron chi connectivity index (χ3n) is 7.04. The Morgan fingerprint density at radius 2 is 1.87 bits per heavy atom. The lowest BCUT2D eigenvalue weighted by Gasteiger charge is -2.52. The van der Waals surface area contributed by atoms with Crippen LogP contribution >= 0.6 is 0 Å². The fourth-order valence-corrected chi connectivity index (χ4v) is 5.54. The minimum absolute atomic E-state index is 0.0102. The zero-order valence-corrected chi connectivity index (χ0v) is 17.2. The van der Waals surface area contributed by atoms with Crippen LogP contribution in [0.1, 0.15) is 47.2 Å². The fourth-order valence-electron chi connectivity index (χ4n) is 5.54. The van der Waals surface area contributed by atoms with Gasteiger partial charge in [0.25, 0.3) is 11.8 Å². The molecule has 7 nitrogen and oxygen atoms in total. The van der Waals surface area contributed by atoms with E-state index in [1.54, 1.807) is 6.07 Å². The molecule has 0 saturated carbocycles. The first-order valence-corrected chi connectivity index (χ1v) is 10.9. The third kappa shape index (κ3) is 3.63. The largest absolute Gasteiger partial charge is 0.322 e. The molecule has 3 amide bonds. The number of fused-ring (bicyclic) bond motifs is 1. The highest BCUT2D eigenvalue weighted by Gasteiger charge is 2.57. The standard InChI is InChI=1S/C22H26F2N4O3/c23-22(24)12-27(19(22)14-5-7-25-8-6-14)10-13-1-2-16-15(9-13)11-28(21(16)31)17-3-4-18(29)26-20(17)30/h1-2,9,14,17,19,25H,3-8,10-12H2,(H,26,29,30). The van der Waals surface area contributed by atoms with E-state index in [0.29, 0.717) is 25.1 Å². The molecule has 0 spiro atoms. The number of alkyl halides is 2. The van der Waals surface area contributed by atoms with Gasteiger partial charge in [0, 0.05) is 25.1 Å². The van der Waals surface area contributed by atoms with Gasteiger partial charge in [-0.1, -0.05) is 12.1 Å². The lowest BCUT2D eigenvalue weighted by atomic mass is 9.80. The van der Waals surface area contributed by atoms with Crippen molar-refractivity contribution in [3.8, 4) is 0 Å². The zero-order chi connectivity index (χ0) is 21.8. The minimum atomic E-state index is -2.66. The Bertz CT molecular complexity index is 931. The Kier molecular flexibility index (Phi) is 5.05. The molecule has 0 aliphatic carbocycles. The van der Waals surface area contributed by atoms with Crippen LogP contribution < -0.4 is 10.6 Å². The zero-order valence-electron chi connectivity index (χ0n) is 17.2. The number of rotatable bonds is 4. The average molecular weight is 432 g/mol. The summed E-state index contributed by atoms with van der Waals surface area (Å²) in [5, 5.41) is 5.53. The number of halogens is 2. The Morgan fingerprint density at radius 1 is 1.10 bits per heavy atom. The number of carbonyl (C=O) groups excluding carboxylic acids is 3. The summed E-state index contributed by atoms with van der Waals surface area (Å²) in [5.41, 5.74) is 2.24. The van der Waals surface area contributed by atoms with Crippen LogP contribution in [0.15, 0.2) is 18.2 Å². The topological polar surface area (TPSA) is 81.8 Å². The van der Waals surface area contributed by atoms with Crippen molar-refractivity contribution < 1.29 is 23.2 Å². The van der Waals surface area contributed by atoms with Crippen molar-refractivity contribution in [2.45, 2.75) is 56.8 Å². The molecule has 3 saturated heterocycles. The van der Waals surface area contributed by atoms with Crippen molar-refractivity contribution in [2.24, 2.45) is 5.92 Å². The summed E-state index contributed by atoms with van der Waals surface area (Å²) in [6, 6.07) is 4.07. The van der Waals surface area contributed by atoms with Crippen LogP contribution in [-0.4, -0.2) is 65.2 Å². The van der Waals surface area contributed by atoms with Crippen LogP contribution in [0.25, 0.3) is 0 Å². The first kappa shape index (κ1) is 20.5. The summed E-state index contributed by atoms with van der Waals surface area (Å²) in [6.07, 6.45) is 2.05. The molecule has 4 heterocycles. The number of nitrogens with zero attached hydrogens (tertiary/aromatic N) is 2. The molecule has 0 radical (unpaired) electrons. The predicted molar refractivity (Wildman–Crippen MR) is 107 cm³/mol. The molecule has 1 aromatic rings. The van der Waals surface area contributed by atoms with E-state index >= 15 is 0 Å². The van der Waals surface area contributed by atoms with E-state index in [1.165, 1.54) is 4.90 Å². The Balaban J connectivity index is 1.29. The van der Waals surface area contributed by atoms with Crippen LogP contribution in [-0.2, 0) is 22.7 Å². The van der Waals surface area contributed by atoms with Gasteiger partial charge in [0.15, 0.2) is 0 Å². The molecule has 0 aromatic heterocycles. The predicted octanol–water partition coefficient (Wildman–Crippen LogP) is 1.27. The highest BCUT2D eigenvalue weighted by molar-refractivity contribution is 6.05. The van der Waals surface area contributed by atoms with Crippen LogP contribution in [0.2, 0.25) is 0 Å². The van der Waals surface area contributed by atoms with Gasteiger partial charge in [-0.2, -0.15) is 0 Å². The van der Waals surface area contributed by atoms with Gasteiger partial charge in [-0.15, -0.1) is 0 Å². The van der Waals surface area contributed by atoms with E-state index in [4.69, 9.17) is 0 Å². The van der Waals surface area contributed by atoms with Gasteiger partial charge in [0.2, 0.25) is 11.8 Å². The van der Waals surface area contributed by atoms with Crippen molar-refractivity contribution in [2.75, 3.05) is 19.6 Å². The number of likely N-dealkylation sites (tertiary alicyclic amines) is 1. The maximum atomic E-state index is 14.4. The first-order chi connectivity index (χ1) is 14.8. The third-order valence-corrected chi connectivity index (χ3v) is 7.04. The van der Waals surface area contributed by atoms with Gasteiger partial charge in [-0.05, 0) is 55.5 Å². The molecular weight excluding hydrogens is 406 g/mol. The Hall–Kier alpha value is -2.39. The van der Waals surface area contributed by atoms with Crippen LogP contribution in [0.4, 0.5) is 8.78 Å². The molecule has 2 N–H and O–H groups in total. The van der Waals surface area contributed by atoms with Crippen molar-refractivity contribution in [3.63, 3.8) is 0 Å². The van der Waals surface area contributed by atoms with E-state index in [9.17, 15) is 23.2 Å². The summed E-state index contributed by atoms with van der Waals surface area (Å²) in [5.74, 6) is -3.65. The SMILES string of the molecule is O=C1CCC(N2Cc3cc(CN4CC(F)(F)C4C4CCNCC4)ccc3C2=O)C(=O)N1. The van der Waals surface area contributed by atoms with E-state index in [2.05, 4.69) is 10.6 Å². The van der Waals surface area contributed by atoms with Crippen LogP contribution in [0.3, 0.4) is 0 Å². The summed E-state index contributed by atoms with van der Waals surface area (Å²) >= 11 is 0. The van der Waals surface area contributed by atoms with Gasteiger partial charge < -0.3 is 10.2 Å². The normalized spacial score (nSPS) is 29.0. The van der Waals surface area contributed by atoms with Crippen molar-refractivity contribution in [1.82, 2.24) is 20.4 Å². The monoisotopic (exact) mass is 432 g/mol. The molecule has 4 aliphatic rings. The van der Waals surface area contributed by atoms with Crippen LogP contribution in [0.5, 0.6) is 0 Å². The van der Waals surface area contributed by atoms with Gasteiger partial charge in [-0.25, -0.2) is 8.78 Å². The molecule has 1 aromatic carbocycles. The number of nitrogens with one attached hydrogen (secondary N) is 2. The molecule has 4 aliphatic heterocycles. The van der Waals surface area contributed by atoms with E-state index in [0.717, 1.165) is 37.1 Å². The molecule has 2 unspecified atom stereocenters. The smallest absolute Gasteiger partial charge is 0.276 e. The summed E-state index contributed by atoms with van der Waals surface area (Å²) in [6.45, 7) is 2.04. The molecule has 166 valence electrons. The quantitative estimate of drug-likeness (QED) is 0.701. The fraction of sp³-hybridized carbons (Fsp3) is 0.591. The molecular formula is C22H26F2N4O3. The number of carbonyl (C=O) groups is 3. The summed E-state index contributed by atoms with van der Waals surface area (Å²) in [7, 11) is 0. The Morgan fingerprint density at radius 3 is 2.58 bits per heavy atom. The molecule has 31 heavy (non-hydrogen) atoms.